The van der Waals surface area contributed by atoms with E-state index in [4.69, 9.17) is 15.2 Å². The zero-order valence-electron chi connectivity index (χ0n) is 19.6. The number of rotatable bonds is 7. The van der Waals surface area contributed by atoms with Crippen molar-refractivity contribution in [3.63, 3.8) is 0 Å². The van der Waals surface area contributed by atoms with Crippen molar-refractivity contribution in [2.45, 2.75) is 25.3 Å². The summed E-state index contributed by atoms with van der Waals surface area (Å²) in [6.45, 7) is 5.49. The third kappa shape index (κ3) is 4.98. The van der Waals surface area contributed by atoms with Gasteiger partial charge in [0.1, 0.15) is 17.9 Å². The van der Waals surface area contributed by atoms with Crippen molar-refractivity contribution in [2.75, 3.05) is 46.0 Å². The second-order valence-electron chi connectivity index (χ2n) is 8.86. The van der Waals surface area contributed by atoms with Gasteiger partial charge in [-0.25, -0.2) is 9.50 Å². The van der Waals surface area contributed by atoms with Crippen LogP contribution in [0.5, 0.6) is 5.75 Å². The molecular formula is C25H30N6O4. The molecule has 0 spiro atoms. The van der Waals surface area contributed by atoms with Crippen LogP contribution in [0.2, 0.25) is 0 Å². The first-order valence-corrected chi connectivity index (χ1v) is 12.1. The highest BCUT2D eigenvalue weighted by atomic mass is 16.5. The molecule has 5 rings (SSSR count). The molecule has 2 saturated heterocycles. The van der Waals surface area contributed by atoms with Crippen LogP contribution in [0.3, 0.4) is 0 Å². The summed E-state index contributed by atoms with van der Waals surface area (Å²) in [5.74, 6) is 0.131. The third-order valence-corrected chi connectivity index (χ3v) is 6.68. The lowest BCUT2D eigenvalue weighted by Gasteiger charge is -2.36. The van der Waals surface area contributed by atoms with Gasteiger partial charge in [-0.1, -0.05) is 0 Å². The summed E-state index contributed by atoms with van der Waals surface area (Å²) < 4.78 is 12.9. The van der Waals surface area contributed by atoms with Gasteiger partial charge in [-0.05, 0) is 49.6 Å². The number of aromatic nitrogens is 3. The molecule has 2 amide bonds. The molecule has 2 N–H and O–H groups in total. The Balaban J connectivity index is 1.29. The fraction of sp³-hybridized carbons (Fsp3) is 0.440. The molecule has 3 aromatic rings. The summed E-state index contributed by atoms with van der Waals surface area (Å²) in [6, 6.07) is 9.02. The molecule has 2 aliphatic rings. The maximum absolute atomic E-state index is 13.5. The predicted molar refractivity (Wildman–Crippen MR) is 128 cm³/mol. The molecule has 1 atom stereocenters. The second kappa shape index (κ2) is 10.4. The summed E-state index contributed by atoms with van der Waals surface area (Å²) in [6.07, 6.45) is 5.81. The predicted octanol–water partition coefficient (Wildman–Crippen LogP) is 1.91. The number of fused-ring (bicyclic) bond motifs is 1. The van der Waals surface area contributed by atoms with Crippen LogP contribution in [0.15, 0.2) is 42.7 Å². The Morgan fingerprint density at radius 2 is 1.89 bits per heavy atom. The fourth-order valence-corrected chi connectivity index (χ4v) is 4.80. The summed E-state index contributed by atoms with van der Waals surface area (Å²) in [7, 11) is 0. The maximum Gasteiger partial charge on any atom is 0.254 e. The minimum absolute atomic E-state index is 0.0400. The van der Waals surface area contributed by atoms with E-state index in [0.717, 1.165) is 63.6 Å². The van der Waals surface area contributed by atoms with E-state index in [1.165, 1.54) is 6.20 Å². The van der Waals surface area contributed by atoms with Crippen LogP contribution >= 0.6 is 0 Å². The normalized spacial score (nSPS) is 19.1. The van der Waals surface area contributed by atoms with Gasteiger partial charge in [0.2, 0.25) is 0 Å². The molecule has 1 unspecified atom stereocenters. The van der Waals surface area contributed by atoms with E-state index in [9.17, 15) is 9.59 Å². The van der Waals surface area contributed by atoms with E-state index in [1.54, 1.807) is 10.7 Å². The molecule has 0 bridgehead atoms. The number of benzene rings is 1. The largest absolute Gasteiger partial charge is 0.492 e. The van der Waals surface area contributed by atoms with E-state index in [0.29, 0.717) is 24.4 Å². The van der Waals surface area contributed by atoms with Crippen LogP contribution in [0.1, 0.15) is 51.7 Å². The summed E-state index contributed by atoms with van der Waals surface area (Å²) in [5, 5.41) is 4.34. The minimum Gasteiger partial charge on any atom is -0.492 e. The number of carbonyl (C=O) groups is 2. The first-order valence-electron chi connectivity index (χ1n) is 12.1. The Bertz CT molecular complexity index is 1190. The van der Waals surface area contributed by atoms with E-state index >= 15 is 0 Å². The third-order valence-electron chi connectivity index (χ3n) is 6.68. The van der Waals surface area contributed by atoms with E-state index in [-0.39, 0.29) is 17.5 Å². The van der Waals surface area contributed by atoms with Gasteiger partial charge in [0.05, 0.1) is 31.1 Å². The Morgan fingerprint density at radius 1 is 1.09 bits per heavy atom. The lowest BCUT2D eigenvalue weighted by atomic mass is 9.97. The van der Waals surface area contributed by atoms with Crippen molar-refractivity contribution in [1.29, 1.82) is 0 Å². The van der Waals surface area contributed by atoms with Gasteiger partial charge in [-0.15, -0.1) is 0 Å². The van der Waals surface area contributed by atoms with Gasteiger partial charge >= 0.3 is 0 Å². The number of nitrogens with two attached hydrogens (primary N) is 1. The lowest BCUT2D eigenvalue weighted by Crippen LogP contribution is -2.39. The standard InChI is InChI=1S/C25H30N6O4/c26-23(32)20-17-28-31-22(8-9-27-24(20)31)21-3-1-2-10-30(21)25(33)18-4-6-19(7-5-18)35-16-13-29-11-14-34-15-12-29/h4-9,17,21H,1-3,10-16H2,(H2,26,32). The van der Waals surface area contributed by atoms with Crippen LogP contribution in [-0.2, 0) is 4.74 Å². The molecule has 4 heterocycles. The molecule has 10 nitrogen and oxygen atoms in total. The number of hydrogen-bond acceptors (Lipinski definition) is 7. The zero-order valence-corrected chi connectivity index (χ0v) is 19.6. The molecule has 2 aromatic heterocycles. The summed E-state index contributed by atoms with van der Waals surface area (Å²) >= 11 is 0. The quantitative estimate of drug-likeness (QED) is 0.551. The van der Waals surface area contributed by atoms with Crippen molar-refractivity contribution < 1.29 is 19.1 Å². The average molecular weight is 479 g/mol. The minimum atomic E-state index is -0.575. The van der Waals surface area contributed by atoms with Crippen molar-refractivity contribution in [2.24, 2.45) is 5.73 Å². The Hall–Kier alpha value is -3.50. The maximum atomic E-state index is 13.5. The van der Waals surface area contributed by atoms with E-state index in [1.807, 2.05) is 35.2 Å². The molecule has 0 saturated carbocycles. The first kappa shape index (κ1) is 23.3. The zero-order chi connectivity index (χ0) is 24.2. The van der Waals surface area contributed by atoms with E-state index < -0.39 is 5.91 Å². The molecule has 0 radical (unpaired) electrons. The van der Waals surface area contributed by atoms with Crippen molar-refractivity contribution in [3.8, 4) is 5.75 Å². The van der Waals surface area contributed by atoms with Crippen LogP contribution in [0.4, 0.5) is 0 Å². The molecule has 35 heavy (non-hydrogen) atoms. The highest BCUT2D eigenvalue weighted by Crippen LogP contribution is 2.32. The van der Waals surface area contributed by atoms with Crippen molar-refractivity contribution >= 4 is 17.5 Å². The number of nitrogens with zero attached hydrogens (tertiary/aromatic N) is 5. The Labute approximate surface area is 203 Å². The molecule has 0 aliphatic carbocycles. The number of primary amides is 1. The number of piperidine rings is 1. The van der Waals surface area contributed by atoms with Gasteiger partial charge in [0.25, 0.3) is 11.8 Å². The fourth-order valence-electron chi connectivity index (χ4n) is 4.80. The average Bonchev–Trinajstić information content (AvgIpc) is 3.34. The van der Waals surface area contributed by atoms with Gasteiger partial charge in [-0.2, -0.15) is 5.10 Å². The molecule has 2 aliphatic heterocycles. The number of carbonyl (C=O) groups excluding carboxylic acids is 2. The summed E-state index contributed by atoms with van der Waals surface area (Å²) in [4.78, 5) is 33.7. The number of morpholine rings is 1. The van der Waals surface area contributed by atoms with Crippen LogP contribution in [-0.4, -0.2) is 82.2 Å². The summed E-state index contributed by atoms with van der Waals surface area (Å²) in [5.41, 5.74) is 7.58. The smallest absolute Gasteiger partial charge is 0.254 e. The SMILES string of the molecule is NC(=O)c1cnn2c(C3CCCCN3C(=O)c3ccc(OCCN4CCOCC4)cc3)ccnc12. The van der Waals surface area contributed by atoms with Gasteiger partial charge in [0.15, 0.2) is 5.65 Å². The lowest BCUT2D eigenvalue weighted by molar-refractivity contribution is 0.0322. The second-order valence-corrected chi connectivity index (χ2v) is 8.86. The van der Waals surface area contributed by atoms with Crippen LogP contribution in [0, 0.1) is 0 Å². The van der Waals surface area contributed by atoms with Crippen molar-refractivity contribution in [3.05, 3.63) is 59.5 Å². The van der Waals surface area contributed by atoms with Gasteiger partial charge in [-0.3, -0.25) is 14.5 Å². The van der Waals surface area contributed by atoms with Crippen LogP contribution < -0.4 is 10.5 Å². The highest BCUT2D eigenvalue weighted by molar-refractivity contribution is 5.98. The molecule has 2 fully saturated rings. The van der Waals surface area contributed by atoms with Crippen LogP contribution in [0.25, 0.3) is 5.65 Å². The molecular weight excluding hydrogens is 448 g/mol. The highest BCUT2D eigenvalue weighted by Gasteiger charge is 2.31. The molecule has 1 aromatic carbocycles. The van der Waals surface area contributed by atoms with E-state index in [2.05, 4.69) is 15.0 Å². The van der Waals surface area contributed by atoms with Gasteiger partial charge in [0, 0.05) is 37.9 Å². The van der Waals surface area contributed by atoms with Crippen molar-refractivity contribution in [1.82, 2.24) is 24.4 Å². The Kier molecular flexibility index (Phi) is 6.91. The first-order chi connectivity index (χ1) is 17.1. The number of ether oxygens (including phenoxy) is 2. The monoisotopic (exact) mass is 478 g/mol. The molecule has 184 valence electrons. The number of likely N-dealkylation sites (tertiary alicyclic amines) is 1. The Morgan fingerprint density at radius 3 is 2.66 bits per heavy atom. The number of hydrogen-bond donors (Lipinski definition) is 1. The van der Waals surface area contributed by atoms with Gasteiger partial charge < -0.3 is 20.1 Å². The number of amides is 2. The topological polar surface area (TPSA) is 115 Å². The molecule has 10 heteroatoms.